The van der Waals surface area contributed by atoms with Crippen molar-refractivity contribution in [2.45, 2.75) is 13.5 Å². The van der Waals surface area contributed by atoms with Gasteiger partial charge < -0.3 is 10.3 Å². The average Bonchev–Trinajstić information content (AvgIpc) is 3.37. The molecule has 3 aromatic heterocycles. The molecule has 4 nitrogen and oxygen atoms in total. The topological polar surface area (TPSA) is 60.9 Å². The second kappa shape index (κ2) is 7.09. The SMILES string of the molecule is Cc1c(C(N)=O)cc(-c2csc(-c3cccs3)n2)n1Cc1ccccc1F. The molecule has 0 fully saturated rings. The molecule has 0 aliphatic rings. The van der Waals surface area contributed by atoms with Crippen LogP contribution in [0.15, 0.2) is 53.2 Å². The van der Waals surface area contributed by atoms with Crippen LogP contribution in [0, 0.1) is 12.7 Å². The Bertz CT molecular complexity index is 1110. The fraction of sp³-hybridized carbons (Fsp3) is 0.100. The van der Waals surface area contributed by atoms with Crippen molar-refractivity contribution in [3.05, 3.63) is 75.9 Å². The first kappa shape index (κ1) is 17.6. The summed E-state index contributed by atoms with van der Waals surface area (Å²) in [6.45, 7) is 2.12. The number of primary amides is 1. The van der Waals surface area contributed by atoms with Gasteiger partial charge in [0.2, 0.25) is 0 Å². The summed E-state index contributed by atoms with van der Waals surface area (Å²) >= 11 is 3.16. The number of aromatic nitrogens is 2. The van der Waals surface area contributed by atoms with Crippen molar-refractivity contribution in [3.63, 3.8) is 0 Å². The van der Waals surface area contributed by atoms with E-state index < -0.39 is 5.91 Å². The summed E-state index contributed by atoms with van der Waals surface area (Å²) in [5.41, 5.74) is 8.70. The van der Waals surface area contributed by atoms with Gasteiger partial charge in [0.25, 0.3) is 5.91 Å². The molecule has 0 saturated heterocycles. The molecule has 0 spiro atoms. The van der Waals surface area contributed by atoms with Crippen molar-refractivity contribution in [3.8, 4) is 21.3 Å². The quantitative estimate of drug-likeness (QED) is 0.519. The Kier molecular flexibility index (Phi) is 4.63. The van der Waals surface area contributed by atoms with Crippen LogP contribution in [0.1, 0.15) is 21.6 Å². The zero-order chi connectivity index (χ0) is 19.0. The smallest absolute Gasteiger partial charge is 0.250 e. The normalized spacial score (nSPS) is 11.0. The van der Waals surface area contributed by atoms with Gasteiger partial charge in [-0.05, 0) is 30.5 Å². The molecule has 0 aliphatic carbocycles. The van der Waals surface area contributed by atoms with Gasteiger partial charge in [-0.1, -0.05) is 24.3 Å². The number of hydrogen-bond donors (Lipinski definition) is 1. The van der Waals surface area contributed by atoms with Crippen LogP contribution in [0.4, 0.5) is 4.39 Å². The summed E-state index contributed by atoms with van der Waals surface area (Å²) in [6, 6.07) is 12.4. The van der Waals surface area contributed by atoms with E-state index in [-0.39, 0.29) is 5.82 Å². The molecule has 2 N–H and O–H groups in total. The maximum Gasteiger partial charge on any atom is 0.250 e. The molecule has 0 radical (unpaired) electrons. The van der Waals surface area contributed by atoms with Crippen molar-refractivity contribution in [1.82, 2.24) is 9.55 Å². The largest absolute Gasteiger partial charge is 0.366 e. The fourth-order valence-electron chi connectivity index (χ4n) is 3.01. The summed E-state index contributed by atoms with van der Waals surface area (Å²) in [4.78, 5) is 17.7. The van der Waals surface area contributed by atoms with Crippen LogP contribution in [0.25, 0.3) is 21.3 Å². The Labute approximate surface area is 163 Å². The third-order valence-corrected chi connectivity index (χ3v) is 6.30. The molecule has 1 aromatic carbocycles. The number of benzene rings is 1. The van der Waals surface area contributed by atoms with Crippen molar-refractivity contribution in [1.29, 1.82) is 0 Å². The number of carbonyl (C=O) groups is 1. The van der Waals surface area contributed by atoms with Gasteiger partial charge >= 0.3 is 0 Å². The minimum Gasteiger partial charge on any atom is -0.366 e. The highest BCUT2D eigenvalue weighted by Gasteiger charge is 2.20. The lowest BCUT2D eigenvalue weighted by Gasteiger charge is -2.11. The third kappa shape index (κ3) is 3.31. The van der Waals surface area contributed by atoms with E-state index in [1.54, 1.807) is 35.6 Å². The number of carbonyl (C=O) groups excluding carboxylic acids is 1. The highest BCUT2D eigenvalue weighted by molar-refractivity contribution is 7.20. The van der Waals surface area contributed by atoms with E-state index in [9.17, 15) is 9.18 Å². The predicted molar refractivity (Wildman–Crippen MR) is 108 cm³/mol. The van der Waals surface area contributed by atoms with Crippen molar-refractivity contribution < 1.29 is 9.18 Å². The Balaban J connectivity index is 1.81. The van der Waals surface area contributed by atoms with Crippen LogP contribution in [0.5, 0.6) is 0 Å². The van der Waals surface area contributed by atoms with Gasteiger partial charge in [-0.15, -0.1) is 22.7 Å². The van der Waals surface area contributed by atoms with E-state index in [0.29, 0.717) is 23.4 Å². The maximum atomic E-state index is 14.2. The standard InChI is InChI=1S/C20H16FN3OS2/c1-12-14(19(22)25)9-17(24(12)10-13-5-2-3-6-15(13)21)16-11-27-20(23-16)18-7-4-8-26-18/h2-9,11H,10H2,1H3,(H2,22,25). The number of thiophene rings is 1. The van der Waals surface area contributed by atoms with Gasteiger partial charge in [-0.2, -0.15) is 0 Å². The van der Waals surface area contributed by atoms with Crippen LogP contribution in [-0.4, -0.2) is 15.5 Å². The van der Waals surface area contributed by atoms with Gasteiger partial charge in [0.1, 0.15) is 10.8 Å². The predicted octanol–water partition coefficient (Wildman–Crippen LogP) is 4.93. The minimum absolute atomic E-state index is 0.283. The summed E-state index contributed by atoms with van der Waals surface area (Å²) < 4.78 is 16.1. The second-order valence-electron chi connectivity index (χ2n) is 6.09. The lowest BCUT2D eigenvalue weighted by Crippen LogP contribution is -2.13. The second-order valence-corrected chi connectivity index (χ2v) is 7.89. The highest BCUT2D eigenvalue weighted by Crippen LogP contribution is 2.33. The van der Waals surface area contributed by atoms with Crippen molar-refractivity contribution >= 4 is 28.6 Å². The number of thiazole rings is 1. The maximum absolute atomic E-state index is 14.2. The third-order valence-electron chi connectivity index (χ3n) is 4.42. The van der Waals surface area contributed by atoms with Crippen molar-refractivity contribution in [2.24, 2.45) is 5.73 Å². The summed E-state index contributed by atoms with van der Waals surface area (Å²) in [7, 11) is 0. The molecule has 0 aliphatic heterocycles. The van der Waals surface area contributed by atoms with Crippen LogP contribution in [-0.2, 0) is 6.54 Å². The van der Waals surface area contributed by atoms with Crippen LogP contribution in [0.2, 0.25) is 0 Å². The van der Waals surface area contributed by atoms with Crippen molar-refractivity contribution in [2.75, 3.05) is 0 Å². The Morgan fingerprint density at radius 2 is 2.04 bits per heavy atom. The molecule has 0 saturated carbocycles. The molecule has 0 atom stereocenters. The van der Waals surface area contributed by atoms with E-state index in [2.05, 4.69) is 0 Å². The fourth-order valence-corrected chi connectivity index (χ4v) is 4.64. The number of rotatable bonds is 5. The number of nitrogens with two attached hydrogens (primary N) is 1. The van der Waals surface area contributed by atoms with Gasteiger partial charge in [0, 0.05) is 16.6 Å². The van der Waals surface area contributed by atoms with E-state index in [0.717, 1.165) is 21.3 Å². The Morgan fingerprint density at radius 3 is 2.74 bits per heavy atom. The zero-order valence-corrected chi connectivity index (χ0v) is 16.1. The summed E-state index contributed by atoms with van der Waals surface area (Å²) in [6.07, 6.45) is 0. The first-order valence-corrected chi connectivity index (χ1v) is 10.0. The van der Waals surface area contributed by atoms with Gasteiger partial charge in [-0.25, -0.2) is 9.37 Å². The average molecular weight is 398 g/mol. The Hall–Kier alpha value is -2.77. The molecule has 0 bridgehead atoms. The molecular formula is C20H16FN3OS2. The molecule has 0 unspecified atom stereocenters. The number of amides is 1. The first-order valence-electron chi connectivity index (χ1n) is 8.27. The number of nitrogens with zero attached hydrogens (tertiary/aromatic N) is 2. The van der Waals surface area contributed by atoms with Gasteiger partial charge in [0.05, 0.1) is 28.4 Å². The first-order chi connectivity index (χ1) is 13.0. The number of hydrogen-bond acceptors (Lipinski definition) is 4. The molecular weight excluding hydrogens is 381 g/mol. The highest BCUT2D eigenvalue weighted by atomic mass is 32.1. The van der Waals surface area contributed by atoms with E-state index in [4.69, 9.17) is 10.7 Å². The lowest BCUT2D eigenvalue weighted by molar-refractivity contribution is 0.0999. The van der Waals surface area contributed by atoms with E-state index >= 15 is 0 Å². The Morgan fingerprint density at radius 1 is 1.22 bits per heavy atom. The minimum atomic E-state index is -0.505. The molecule has 1 amide bonds. The van der Waals surface area contributed by atoms with Crippen LogP contribution < -0.4 is 5.73 Å². The molecule has 3 heterocycles. The lowest BCUT2D eigenvalue weighted by atomic mass is 10.2. The van der Waals surface area contributed by atoms with Gasteiger partial charge in [0.15, 0.2) is 0 Å². The van der Waals surface area contributed by atoms with Crippen LogP contribution >= 0.6 is 22.7 Å². The number of halogens is 1. The van der Waals surface area contributed by atoms with E-state index in [1.165, 1.54) is 17.4 Å². The molecule has 7 heteroatoms. The molecule has 4 rings (SSSR count). The molecule has 27 heavy (non-hydrogen) atoms. The van der Waals surface area contributed by atoms with Gasteiger partial charge in [-0.3, -0.25) is 4.79 Å². The monoisotopic (exact) mass is 397 g/mol. The van der Waals surface area contributed by atoms with Crippen LogP contribution in [0.3, 0.4) is 0 Å². The zero-order valence-electron chi connectivity index (χ0n) is 14.5. The summed E-state index contributed by atoms with van der Waals surface area (Å²) in [5, 5.41) is 4.87. The molecule has 136 valence electrons. The summed E-state index contributed by atoms with van der Waals surface area (Å²) in [5.74, 6) is -0.788. The molecule has 4 aromatic rings. The van der Waals surface area contributed by atoms with E-state index in [1.807, 2.05) is 34.4 Å².